The van der Waals surface area contributed by atoms with Gasteiger partial charge < -0.3 is 9.47 Å². The van der Waals surface area contributed by atoms with Crippen molar-refractivity contribution in [1.29, 1.82) is 0 Å². The van der Waals surface area contributed by atoms with E-state index in [9.17, 15) is 0 Å². The Labute approximate surface area is 123 Å². The molecule has 1 N–H and O–H groups in total. The highest BCUT2D eigenvalue weighted by atomic mass is 15.5. The van der Waals surface area contributed by atoms with Crippen LogP contribution < -0.4 is 10.3 Å². The van der Waals surface area contributed by atoms with E-state index in [1.165, 1.54) is 28.2 Å². The van der Waals surface area contributed by atoms with E-state index in [1.807, 2.05) is 0 Å². The molecule has 1 aromatic carbocycles. The molecular formula is C17H16N4. The average molecular weight is 276 g/mol. The monoisotopic (exact) mass is 276 g/mol. The Bertz CT molecular complexity index is 812. The lowest BCUT2D eigenvalue weighted by Gasteiger charge is -2.23. The van der Waals surface area contributed by atoms with Crippen LogP contribution in [0.25, 0.3) is 11.8 Å². The Morgan fingerprint density at radius 1 is 1.29 bits per heavy atom. The number of anilines is 1. The van der Waals surface area contributed by atoms with E-state index in [0.717, 1.165) is 18.9 Å². The quantitative estimate of drug-likeness (QED) is 0.802. The number of fused-ring (bicyclic) bond motifs is 5. The van der Waals surface area contributed by atoms with Crippen molar-refractivity contribution in [1.82, 2.24) is 9.99 Å². The second kappa shape index (κ2) is 3.79. The first-order valence-corrected chi connectivity index (χ1v) is 7.40. The molecule has 4 nitrogen and oxygen atoms in total. The summed E-state index contributed by atoms with van der Waals surface area (Å²) in [7, 11) is 0. The van der Waals surface area contributed by atoms with Crippen LogP contribution >= 0.6 is 0 Å². The van der Waals surface area contributed by atoms with Crippen LogP contribution in [-0.2, 0) is 0 Å². The van der Waals surface area contributed by atoms with Gasteiger partial charge in [0.2, 0.25) is 0 Å². The zero-order valence-corrected chi connectivity index (χ0v) is 11.9. The Kier molecular flexibility index (Phi) is 2.02. The van der Waals surface area contributed by atoms with Crippen LogP contribution in [0, 0.1) is 6.92 Å². The van der Waals surface area contributed by atoms with Crippen LogP contribution in [0.3, 0.4) is 0 Å². The van der Waals surface area contributed by atoms with Gasteiger partial charge in [-0.2, -0.15) is 5.10 Å². The Hall–Kier alpha value is -2.49. The largest absolute Gasteiger partial charge is 0.317 e. The van der Waals surface area contributed by atoms with Crippen molar-refractivity contribution >= 4 is 17.6 Å². The van der Waals surface area contributed by atoms with Gasteiger partial charge in [-0.05, 0) is 36.6 Å². The number of para-hydroxylation sites is 1. The molecule has 21 heavy (non-hydrogen) atoms. The van der Waals surface area contributed by atoms with Crippen molar-refractivity contribution in [2.24, 2.45) is 5.10 Å². The summed E-state index contributed by atoms with van der Waals surface area (Å²) in [5, 5.41) is 4.60. The van der Waals surface area contributed by atoms with Gasteiger partial charge in [0.25, 0.3) is 0 Å². The Morgan fingerprint density at radius 2 is 2.24 bits per heavy atom. The molecule has 1 unspecified atom stereocenters. The number of amidine groups is 1. The van der Waals surface area contributed by atoms with Gasteiger partial charge in [0.15, 0.2) is 0 Å². The summed E-state index contributed by atoms with van der Waals surface area (Å²) in [5.41, 5.74) is 9.68. The molecule has 0 amide bonds. The predicted molar refractivity (Wildman–Crippen MR) is 84.8 cm³/mol. The van der Waals surface area contributed by atoms with Crippen molar-refractivity contribution in [3.8, 4) is 5.69 Å². The molecular weight excluding hydrogens is 260 g/mol. The molecule has 0 bridgehead atoms. The number of nitrogens with one attached hydrogen (secondary N) is 1. The molecule has 0 fully saturated rings. The molecule has 3 aliphatic rings. The number of aromatic nitrogens is 1. The number of hydrogen-bond donors (Lipinski definition) is 1. The Morgan fingerprint density at radius 3 is 3.19 bits per heavy atom. The maximum Gasteiger partial charge on any atom is 0.140 e. The lowest BCUT2D eigenvalue weighted by molar-refractivity contribution is 0.798. The molecule has 0 saturated carbocycles. The summed E-state index contributed by atoms with van der Waals surface area (Å²) in [6, 6.07) is 8.73. The van der Waals surface area contributed by atoms with Crippen molar-refractivity contribution < 1.29 is 0 Å². The van der Waals surface area contributed by atoms with Gasteiger partial charge in [0, 0.05) is 11.9 Å². The van der Waals surface area contributed by atoms with Crippen LogP contribution in [0.1, 0.15) is 29.2 Å². The summed E-state index contributed by atoms with van der Waals surface area (Å²) in [6.07, 6.45) is 7.72. The fourth-order valence-corrected chi connectivity index (χ4v) is 3.81. The number of nitrogens with zero attached hydrogens (tertiary/aromatic N) is 3. The van der Waals surface area contributed by atoms with Crippen molar-refractivity contribution in [2.75, 3.05) is 11.6 Å². The zero-order valence-electron chi connectivity index (χ0n) is 11.9. The third kappa shape index (κ3) is 1.32. The second-order valence-electron chi connectivity index (χ2n) is 5.87. The molecule has 0 spiro atoms. The number of hydrogen-bond acceptors (Lipinski definition) is 3. The highest BCUT2D eigenvalue weighted by Crippen LogP contribution is 2.42. The topological polar surface area (TPSA) is 32.6 Å². The van der Waals surface area contributed by atoms with Gasteiger partial charge in [-0.3, -0.25) is 5.43 Å². The van der Waals surface area contributed by atoms with E-state index in [1.54, 1.807) is 0 Å². The first-order valence-electron chi connectivity index (χ1n) is 7.40. The van der Waals surface area contributed by atoms with Gasteiger partial charge in [-0.25, -0.2) is 0 Å². The van der Waals surface area contributed by atoms with Crippen LogP contribution in [-0.4, -0.2) is 17.1 Å². The van der Waals surface area contributed by atoms with E-state index in [4.69, 9.17) is 0 Å². The van der Waals surface area contributed by atoms with Crippen LogP contribution in [0.5, 0.6) is 0 Å². The molecule has 2 aromatic rings. The van der Waals surface area contributed by atoms with Gasteiger partial charge >= 0.3 is 0 Å². The average Bonchev–Trinajstić information content (AvgIpc) is 3.10. The lowest BCUT2D eigenvalue weighted by atomic mass is 9.91. The molecule has 1 aromatic heterocycles. The van der Waals surface area contributed by atoms with Gasteiger partial charge in [-0.15, -0.1) is 0 Å². The fourth-order valence-electron chi connectivity index (χ4n) is 3.81. The number of aryl methyl sites for hydroxylation is 1. The number of benzene rings is 1. The smallest absolute Gasteiger partial charge is 0.140 e. The molecule has 1 aliphatic carbocycles. The minimum Gasteiger partial charge on any atom is -0.317 e. The second-order valence-corrected chi connectivity index (χ2v) is 5.87. The van der Waals surface area contributed by atoms with Crippen molar-refractivity contribution in [2.45, 2.75) is 19.3 Å². The lowest BCUT2D eigenvalue weighted by Crippen LogP contribution is -2.32. The number of rotatable bonds is 0. The van der Waals surface area contributed by atoms with E-state index in [-0.39, 0.29) is 0 Å². The summed E-state index contributed by atoms with van der Waals surface area (Å²) in [4.78, 5) is 2.32. The molecule has 0 radical (unpaired) electrons. The van der Waals surface area contributed by atoms with E-state index in [2.05, 4.69) is 69.5 Å². The maximum atomic E-state index is 4.60. The first kappa shape index (κ1) is 11.2. The van der Waals surface area contributed by atoms with E-state index >= 15 is 0 Å². The minimum absolute atomic E-state index is 0.335. The zero-order chi connectivity index (χ0) is 14.0. The molecule has 4 heteroatoms. The fraction of sp³-hybridized carbons (Fsp3) is 0.235. The molecule has 104 valence electrons. The van der Waals surface area contributed by atoms with Gasteiger partial charge in [-0.1, -0.05) is 24.3 Å². The molecule has 3 heterocycles. The summed E-state index contributed by atoms with van der Waals surface area (Å²) in [6.45, 7) is 2.94. The maximum absolute atomic E-state index is 4.60. The normalized spacial score (nSPS) is 21.1. The Balaban J connectivity index is 1.92. The van der Waals surface area contributed by atoms with E-state index < -0.39 is 0 Å². The van der Waals surface area contributed by atoms with Crippen LogP contribution in [0.4, 0.5) is 5.69 Å². The summed E-state index contributed by atoms with van der Waals surface area (Å²) in [5.74, 6) is 1.48. The summed E-state index contributed by atoms with van der Waals surface area (Å²) >= 11 is 0. The number of allylic oxidation sites excluding steroid dienone is 1. The highest BCUT2D eigenvalue weighted by Gasteiger charge is 2.37. The minimum atomic E-state index is 0.335. The third-order valence-corrected chi connectivity index (χ3v) is 4.72. The molecule has 1 atom stereocenters. The van der Waals surface area contributed by atoms with Crippen LogP contribution in [0.15, 0.2) is 41.6 Å². The van der Waals surface area contributed by atoms with Crippen molar-refractivity contribution in [3.63, 3.8) is 0 Å². The van der Waals surface area contributed by atoms with Gasteiger partial charge in [0.05, 0.1) is 17.3 Å². The predicted octanol–water partition coefficient (Wildman–Crippen LogP) is 2.98. The third-order valence-electron chi connectivity index (χ3n) is 4.72. The van der Waals surface area contributed by atoms with Crippen molar-refractivity contribution in [3.05, 3.63) is 53.4 Å². The van der Waals surface area contributed by atoms with Gasteiger partial charge in [0.1, 0.15) is 12.5 Å². The molecule has 2 aliphatic heterocycles. The molecule has 0 saturated heterocycles. The standard InChI is InChI=1S/C17H16N4/c1-11-4-2-7-14-15(11)20-9-8-12-5-3-6-13(16(12)20)17-19-18-10-21(14)17/h2-5,7-9,13,18H,6,10H2,1H3. The molecule has 5 rings (SSSR count). The highest BCUT2D eigenvalue weighted by molar-refractivity contribution is 6.06. The van der Waals surface area contributed by atoms with E-state index in [0.29, 0.717) is 5.92 Å². The summed E-state index contributed by atoms with van der Waals surface area (Å²) < 4.78 is 2.37. The number of hydrazone groups is 1. The SMILES string of the molecule is Cc1cccc2c1-n1ccc3c1C(CC=C3)C1=NNCN12. The van der Waals surface area contributed by atoms with Crippen LogP contribution in [0.2, 0.25) is 0 Å². The first-order chi connectivity index (χ1) is 10.3.